The highest BCUT2D eigenvalue weighted by Crippen LogP contribution is 2.41. The minimum Gasteiger partial charge on any atom is -0.340 e. The van der Waals surface area contributed by atoms with Crippen molar-refractivity contribution in [1.82, 2.24) is 14.8 Å². The highest BCUT2D eigenvalue weighted by atomic mass is 32.1. The molecule has 1 aliphatic rings. The van der Waals surface area contributed by atoms with Crippen molar-refractivity contribution in [2.45, 2.75) is 24.8 Å². The second kappa shape index (κ2) is 8.32. The molecule has 4 rings (SSSR count). The quantitative estimate of drug-likeness (QED) is 0.530. The fourth-order valence-electron chi connectivity index (χ4n) is 3.80. The van der Waals surface area contributed by atoms with Gasteiger partial charge in [0.15, 0.2) is 0 Å². The fourth-order valence-corrected chi connectivity index (χ4v) is 5.42. The van der Waals surface area contributed by atoms with Gasteiger partial charge >= 0.3 is 0 Å². The number of nitrogens with zero attached hydrogens (tertiary/aromatic N) is 3. The Labute approximate surface area is 186 Å². The molecule has 9 heteroatoms. The van der Waals surface area contributed by atoms with Gasteiger partial charge in [0.1, 0.15) is 10.8 Å². The molecule has 0 saturated carbocycles. The highest BCUT2D eigenvalue weighted by molar-refractivity contribution is 7.20. The minimum absolute atomic E-state index is 0.0769. The normalized spacial score (nSPS) is 18.6. The smallest absolute Gasteiger partial charge is 0.240 e. The summed E-state index contributed by atoms with van der Waals surface area (Å²) in [5.74, 6) is -1.94. The highest BCUT2D eigenvalue weighted by Gasteiger charge is 2.53. The third-order valence-corrected chi connectivity index (χ3v) is 7.42. The van der Waals surface area contributed by atoms with Crippen molar-refractivity contribution in [2.75, 3.05) is 14.1 Å². The van der Waals surface area contributed by atoms with E-state index in [0.29, 0.717) is 0 Å². The average Bonchev–Trinajstić information content (AvgIpc) is 3.47. The maximum Gasteiger partial charge on any atom is 0.240 e. The van der Waals surface area contributed by atoms with Gasteiger partial charge in [-0.25, -0.2) is 9.37 Å². The molecule has 0 bridgehead atoms. The van der Waals surface area contributed by atoms with Crippen LogP contribution < -0.4 is 0 Å². The number of aromatic nitrogens is 1. The lowest BCUT2D eigenvalue weighted by atomic mass is 9.75. The maximum absolute atomic E-state index is 14.6. The van der Waals surface area contributed by atoms with E-state index in [4.69, 9.17) is 0 Å². The van der Waals surface area contributed by atoms with Gasteiger partial charge in [-0.05, 0) is 17.5 Å². The van der Waals surface area contributed by atoms with Crippen LogP contribution in [0.3, 0.4) is 0 Å². The average molecular weight is 458 g/mol. The Morgan fingerprint density at radius 2 is 2.00 bits per heavy atom. The summed E-state index contributed by atoms with van der Waals surface area (Å²) in [6.45, 7) is 0.256. The number of halogens is 1. The summed E-state index contributed by atoms with van der Waals surface area (Å²) in [6.07, 6.45) is -0.524. The molecule has 2 aromatic heterocycles. The topological polar surface area (TPSA) is 70.6 Å². The van der Waals surface area contributed by atoms with E-state index >= 15 is 0 Å². The van der Waals surface area contributed by atoms with E-state index in [-0.39, 0.29) is 30.9 Å². The van der Waals surface area contributed by atoms with Crippen LogP contribution in [0.15, 0.2) is 47.2 Å². The van der Waals surface area contributed by atoms with Crippen LogP contribution in [-0.2, 0) is 26.3 Å². The van der Waals surface area contributed by atoms with Gasteiger partial charge in [0.2, 0.25) is 17.7 Å². The number of thiophene rings is 1. The van der Waals surface area contributed by atoms with Crippen LogP contribution in [0.5, 0.6) is 0 Å². The summed E-state index contributed by atoms with van der Waals surface area (Å²) >= 11 is 3.09. The Balaban J connectivity index is 1.56. The number of hydrogen-bond acceptors (Lipinski definition) is 6. The van der Waals surface area contributed by atoms with Gasteiger partial charge in [-0.1, -0.05) is 24.3 Å². The van der Waals surface area contributed by atoms with E-state index < -0.39 is 23.0 Å². The molecule has 0 radical (unpaired) electrons. The third kappa shape index (κ3) is 3.90. The first-order valence-corrected chi connectivity index (χ1v) is 11.4. The molecular weight excluding hydrogens is 437 g/mol. The summed E-state index contributed by atoms with van der Waals surface area (Å²) in [4.78, 5) is 46.5. The molecule has 3 amide bonds. The third-order valence-electron chi connectivity index (χ3n) is 5.49. The molecule has 6 nitrogen and oxygen atoms in total. The molecule has 1 aliphatic heterocycles. The van der Waals surface area contributed by atoms with Crippen molar-refractivity contribution >= 4 is 40.4 Å². The number of likely N-dealkylation sites (tertiary alicyclic amines) is 1. The Bertz CT molecular complexity index is 1140. The Kier molecular flexibility index (Phi) is 5.72. The number of hydrogen-bond donors (Lipinski definition) is 0. The Hall–Kier alpha value is -2.91. The SMILES string of the molecule is CN(Cc1csc(-c2cccs2)n1)C(=O)C[C@]1(c2ccccc2F)CC(=O)N(C)C1=O. The van der Waals surface area contributed by atoms with Crippen LogP contribution in [-0.4, -0.2) is 46.6 Å². The van der Waals surface area contributed by atoms with Crippen molar-refractivity contribution in [1.29, 1.82) is 0 Å². The summed E-state index contributed by atoms with van der Waals surface area (Å²) < 4.78 is 14.6. The Morgan fingerprint density at radius 3 is 2.65 bits per heavy atom. The largest absolute Gasteiger partial charge is 0.340 e. The number of thiazole rings is 1. The van der Waals surface area contributed by atoms with E-state index in [2.05, 4.69) is 4.98 Å². The maximum atomic E-state index is 14.6. The predicted molar refractivity (Wildman–Crippen MR) is 117 cm³/mol. The molecule has 0 unspecified atom stereocenters. The van der Waals surface area contributed by atoms with Crippen LogP contribution in [0.4, 0.5) is 4.39 Å². The summed E-state index contributed by atoms with van der Waals surface area (Å²) in [5.41, 5.74) is -0.726. The van der Waals surface area contributed by atoms with E-state index in [1.54, 1.807) is 24.5 Å². The van der Waals surface area contributed by atoms with Crippen LogP contribution in [0.1, 0.15) is 24.1 Å². The van der Waals surface area contributed by atoms with Gasteiger partial charge in [-0.15, -0.1) is 22.7 Å². The predicted octanol–water partition coefficient (Wildman–Crippen LogP) is 3.69. The van der Waals surface area contributed by atoms with Gasteiger partial charge < -0.3 is 4.90 Å². The minimum atomic E-state index is -1.53. The second-order valence-corrected chi connectivity index (χ2v) is 9.35. The van der Waals surface area contributed by atoms with E-state index in [0.717, 1.165) is 20.5 Å². The van der Waals surface area contributed by atoms with E-state index in [9.17, 15) is 18.8 Å². The first kappa shape index (κ1) is 21.3. The van der Waals surface area contributed by atoms with Crippen LogP contribution >= 0.6 is 22.7 Å². The lowest BCUT2D eigenvalue weighted by Gasteiger charge is -2.28. The molecule has 0 spiro atoms. The zero-order chi connectivity index (χ0) is 22.2. The number of benzene rings is 1. The van der Waals surface area contributed by atoms with Crippen molar-refractivity contribution < 1.29 is 18.8 Å². The van der Waals surface area contributed by atoms with Gasteiger partial charge in [0, 0.05) is 37.9 Å². The summed E-state index contributed by atoms with van der Waals surface area (Å²) in [6, 6.07) is 9.77. The number of carbonyl (C=O) groups excluding carboxylic acids is 3. The van der Waals surface area contributed by atoms with E-state index in [1.165, 1.54) is 41.5 Å². The summed E-state index contributed by atoms with van der Waals surface area (Å²) in [5, 5.41) is 4.75. The molecule has 31 heavy (non-hydrogen) atoms. The zero-order valence-electron chi connectivity index (χ0n) is 17.0. The molecule has 1 aromatic carbocycles. The van der Waals surface area contributed by atoms with Crippen molar-refractivity contribution in [3.05, 3.63) is 64.2 Å². The molecule has 0 N–H and O–H groups in total. The lowest BCUT2D eigenvalue weighted by molar-refractivity contribution is -0.141. The standard InChI is InChI=1S/C22H20FN3O3S2/c1-25(12-14-13-31-20(24-14)17-8-5-9-30-17)18(27)10-22(11-19(28)26(2)21(22)29)15-6-3-4-7-16(15)23/h3-9,13H,10-12H2,1-2H3/t22-/m1/s1. The Morgan fingerprint density at radius 1 is 1.23 bits per heavy atom. The van der Waals surface area contributed by atoms with Crippen LogP contribution in [0.25, 0.3) is 9.88 Å². The second-order valence-electron chi connectivity index (χ2n) is 7.54. The van der Waals surface area contributed by atoms with Crippen molar-refractivity contribution in [3.63, 3.8) is 0 Å². The molecule has 1 atom stereocenters. The van der Waals surface area contributed by atoms with E-state index in [1.807, 2.05) is 22.9 Å². The van der Waals surface area contributed by atoms with Crippen LogP contribution in [0.2, 0.25) is 0 Å². The number of amides is 3. The number of imide groups is 1. The molecule has 3 aromatic rings. The lowest BCUT2D eigenvalue weighted by Crippen LogP contribution is -2.42. The first-order valence-electron chi connectivity index (χ1n) is 9.60. The number of carbonyl (C=O) groups is 3. The monoisotopic (exact) mass is 457 g/mol. The number of rotatable bonds is 6. The molecule has 3 heterocycles. The first-order chi connectivity index (χ1) is 14.8. The molecule has 0 aliphatic carbocycles. The van der Waals surface area contributed by atoms with Crippen LogP contribution in [0, 0.1) is 5.82 Å². The molecule has 1 fully saturated rings. The molecule has 160 valence electrons. The van der Waals surface area contributed by atoms with Crippen molar-refractivity contribution in [3.8, 4) is 9.88 Å². The number of likely N-dealkylation sites (N-methyl/N-ethyl adjacent to an activating group) is 1. The molecule has 1 saturated heterocycles. The van der Waals surface area contributed by atoms with Gasteiger partial charge in [0.25, 0.3) is 0 Å². The van der Waals surface area contributed by atoms with Crippen molar-refractivity contribution in [2.24, 2.45) is 0 Å². The van der Waals surface area contributed by atoms with Gasteiger partial charge in [-0.2, -0.15) is 0 Å². The summed E-state index contributed by atoms with van der Waals surface area (Å²) in [7, 11) is 2.98. The molecular formula is C22H20FN3O3S2. The van der Waals surface area contributed by atoms with Gasteiger partial charge in [-0.3, -0.25) is 19.3 Å². The fraction of sp³-hybridized carbons (Fsp3) is 0.273. The van der Waals surface area contributed by atoms with Gasteiger partial charge in [0.05, 0.1) is 22.5 Å². The zero-order valence-corrected chi connectivity index (χ0v) is 18.6.